The molecule has 1 fully saturated rings. The SMILES string of the molecule is CCC(C)[C@H](CC(=O)Cc1ccccc1F)C(=O)N[C@]1(C(=O)C[C@H](C(=S)NCN2CCCCC2)C(C)CC)CCc2[nH]c3c(C(F)(F)F)cccc3c2C1. The maximum Gasteiger partial charge on any atom is 0.418 e. The fraction of sp³-hybridized carbons (Fsp3) is 0.571. The van der Waals surface area contributed by atoms with Gasteiger partial charge in [-0.3, -0.25) is 19.3 Å². The van der Waals surface area contributed by atoms with Gasteiger partial charge in [-0.05, 0) is 73.9 Å². The standard InChI is InChI=1S/C42H54F4N4O3S/c1-5-26(3)31(22-29(51)21-28-13-8-9-16-35(28)43)39(53)49-41(18-17-36-33(24-41)30-14-12-15-34(38(30)48-36)42(44,45)46)37(52)23-32(27(4)6-2)40(54)47-25-50-19-10-7-11-20-50/h8-9,12-16,26-27,31-32,48H,5-7,10-11,17-25H2,1-4H3,(H,47,54)(H,49,53)/t26?,27?,31-,32-,41+/m0/s1. The Morgan fingerprint density at radius 2 is 1.63 bits per heavy atom. The number of ketones is 2. The minimum absolute atomic E-state index is 0.00812. The highest BCUT2D eigenvalue weighted by atomic mass is 32.1. The lowest BCUT2D eigenvalue weighted by Crippen LogP contribution is -2.60. The minimum Gasteiger partial charge on any atom is -0.367 e. The van der Waals surface area contributed by atoms with Crippen molar-refractivity contribution in [3.05, 3.63) is 70.7 Å². The molecule has 7 nitrogen and oxygen atoms in total. The van der Waals surface area contributed by atoms with Crippen molar-refractivity contribution in [2.45, 2.75) is 110 Å². The molecular formula is C42H54F4N4O3S. The summed E-state index contributed by atoms with van der Waals surface area (Å²) in [5.74, 6) is -2.85. The summed E-state index contributed by atoms with van der Waals surface area (Å²) in [4.78, 5) is 48.7. The average Bonchev–Trinajstić information content (AvgIpc) is 3.52. The monoisotopic (exact) mass is 770 g/mol. The number of halogens is 4. The zero-order valence-electron chi connectivity index (χ0n) is 31.8. The molecule has 1 aromatic heterocycles. The maximum atomic E-state index is 14.9. The highest BCUT2D eigenvalue weighted by Gasteiger charge is 2.47. The molecule has 2 unspecified atom stereocenters. The molecule has 3 aromatic rings. The topological polar surface area (TPSA) is 94.3 Å². The highest BCUT2D eigenvalue weighted by Crippen LogP contribution is 2.41. The van der Waals surface area contributed by atoms with Gasteiger partial charge < -0.3 is 15.6 Å². The van der Waals surface area contributed by atoms with Gasteiger partial charge in [-0.2, -0.15) is 13.2 Å². The number of aryl methyl sites for hydroxylation is 1. The number of aromatic nitrogens is 1. The van der Waals surface area contributed by atoms with Crippen molar-refractivity contribution in [2.24, 2.45) is 23.7 Å². The van der Waals surface area contributed by atoms with E-state index in [2.05, 4.69) is 27.4 Å². The lowest BCUT2D eigenvalue weighted by atomic mass is 9.72. The molecule has 294 valence electrons. The van der Waals surface area contributed by atoms with Gasteiger partial charge in [0.05, 0.1) is 22.7 Å². The fourth-order valence-electron chi connectivity index (χ4n) is 8.13. The van der Waals surface area contributed by atoms with Gasteiger partial charge in [0.2, 0.25) is 5.91 Å². The van der Waals surface area contributed by atoms with E-state index in [9.17, 15) is 31.9 Å². The summed E-state index contributed by atoms with van der Waals surface area (Å²) in [6.45, 7) is 10.4. The van der Waals surface area contributed by atoms with Gasteiger partial charge in [0.15, 0.2) is 5.78 Å². The van der Waals surface area contributed by atoms with E-state index in [1.165, 1.54) is 18.6 Å². The normalized spacial score (nSPS) is 20.1. The van der Waals surface area contributed by atoms with Crippen molar-refractivity contribution in [1.82, 2.24) is 20.5 Å². The van der Waals surface area contributed by atoms with Crippen molar-refractivity contribution >= 4 is 45.6 Å². The number of piperidine rings is 1. The third-order valence-electron chi connectivity index (χ3n) is 12.0. The Bertz CT molecular complexity index is 1820. The Morgan fingerprint density at radius 1 is 0.944 bits per heavy atom. The molecule has 0 saturated carbocycles. The maximum absolute atomic E-state index is 14.9. The van der Waals surface area contributed by atoms with Gasteiger partial charge in [-0.15, -0.1) is 0 Å². The number of nitrogens with one attached hydrogen (secondary N) is 3. The molecule has 1 aliphatic carbocycles. The van der Waals surface area contributed by atoms with Gasteiger partial charge in [0.1, 0.15) is 17.1 Å². The Kier molecular flexibility index (Phi) is 13.7. The van der Waals surface area contributed by atoms with E-state index < -0.39 is 34.9 Å². The van der Waals surface area contributed by atoms with Gasteiger partial charge in [0, 0.05) is 48.6 Å². The number of rotatable bonds is 16. The first kappa shape index (κ1) is 41.5. The Morgan fingerprint density at radius 3 is 2.30 bits per heavy atom. The molecule has 1 saturated heterocycles. The van der Waals surface area contributed by atoms with Crippen LogP contribution in [0, 0.1) is 29.5 Å². The quantitative estimate of drug-likeness (QED) is 0.1000. The van der Waals surface area contributed by atoms with Gasteiger partial charge in [0.25, 0.3) is 0 Å². The van der Waals surface area contributed by atoms with Crippen LogP contribution in [-0.4, -0.2) is 57.6 Å². The number of carbonyl (C=O) groups is 3. The fourth-order valence-corrected chi connectivity index (χ4v) is 8.51. The number of likely N-dealkylation sites (tertiary alicyclic amines) is 1. The summed E-state index contributed by atoms with van der Waals surface area (Å²) in [5, 5.41) is 6.91. The lowest BCUT2D eigenvalue weighted by molar-refractivity contribution is -0.137. The van der Waals surface area contributed by atoms with E-state index in [0.717, 1.165) is 38.4 Å². The van der Waals surface area contributed by atoms with E-state index >= 15 is 0 Å². The first-order valence-corrected chi connectivity index (χ1v) is 19.9. The van der Waals surface area contributed by atoms with Crippen molar-refractivity contribution in [3.63, 3.8) is 0 Å². The van der Waals surface area contributed by atoms with E-state index in [4.69, 9.17) is 12.2 Å². The summed E-state index contributed by atoms with van der Waals surface area (Å²) in [6.07, 6.45) is 0.296. The van der Waals surface area contributed by atoms with Gasteiger partial charge >= 0.3 is 6.18 Å². The highest BCUT2D eigenvalue weighted by molar-refractivity contribution is 7.80. The third kappa shape index (κ3) is 9.59. The van der Waals surface area contributed by atoms with E-state index in [0.29, 0.717) is 34.7 Å². The lowest BCUT2D eigenvalue weighted by Gasteiger charge is -2.40. The number of benzene rings is 2. The summed E-state index contributed by atoms with van der Waals surface area (Å²) in [7, 11) is 0. The summed E-state index contributed by atoms with van der Waals surface area (Å²) < 4.78 is 56.8. The number of hydrogen-bond donors (Lipinski definition) is 3. The van der Waals surface area contributed by atoms with Crippen molar-refractivity contribution in [2.75, 3.05) is 19.8 Å². The molecule has 1 amide bonds. The largest absolute Gasteiger partial charge is 0.418 e. The van der Waals surface area contributed by atoms with E-state index in [-0.39, 0.29) is 78.9 Å². The zero-order valence-corrected chi connectivity index (χ0v) is 32.7. The van der Waals surface area contributed by atoms with Crippen LogP contribution in [0.5, 0.6) is 0 Å². The molecule has 5 rings (SSSR count). The molecule has 12 heteroatoms. The molecule has 54 heavy (non-hydrogen) atoms. The van der Waals surface area contributed by atoms with Crippen LogP contribution in [-0.2, 0) is 39.8 Å². The first-order chi connectivity index (χ1) is 25.7. The van der Waals surface area contributed by atoms with Crippen LogP contribution in [0.15, 0.2) is 42.5 Å². The van der Waals surface area contributed by atoms with Gasteiger partial charge in [-0.25, -0.2) is 4.39 Å². The number of alkyl halides is 3. The molecule has 0 spiro atoms. The van der Waals surface area contributed by atoms with Crippen LogP contribution < -0.4 is 10.6 Å². The number of hydrogen-bond acceptors (Lipinski definition) is 5. The Balaban J connectivity index is 1.47. The number of nitrogens with zero attached hydrogens (tertiary/aromatic N) is 1. The summed E-state index contributed by atoms with van der Waals surface area (Å²) >= 11 is 5.94. The third-order valence-corrected chi connectivity index (χ3v) is 12.4. The zero-order chi connectivity index (χ0) is 39.2. The summed E-state index contributed by atoms with van der Waals surface area (Å²) in [5.41, 5.74) is -0.866. The molecule has 2 heterocycles. The predicted molar refractivity (Wildman–Crippen MR) is 207 cm³/mol. The first-order valence-electron chi connectivity index (χ1n) is 19.5. The van der Waals surface area contributed by atoms with Gasteiger partial charge in [-0.1, -0.05) is 89.5 Å². The molecule has 2 aromatic carbocycles. The van der Waals surface area contributed by atoms with Crippen LogP contribution in [0.4, 0.5) is 17.6 Å². The van der Waals surface area contributed by atoms with Crippen LogP contribution in [0.1, 0.15) is 101 Å². The number of aromatic amines is 1. The molecule has 0 radical (unpaired) electrons. The van der Waals surface area contributed by atoms with Crippen LogP contribution in [0.2, 0.25) is 0 Å². The second-order valence-electron chi connectivity index (χ2n) is 15.6. The van der Waals surface area contributed by atoms with Crippen LogP contribution in [0.25, 0.3) is 10.9 Å². The predicted octanol–water partition coefficient (Wildman–Crippen LogP) is 8.52. The average molecular weight is 771 g/mol. The van der Waals surface area contributed by atoms with Crippen molar-refractivity contribution in [3.8, 4) is 0 Å². The Labute approximate surface area is 321 Å². The summed E-state index contributed by atoms with van der Waals surface area (Å²) in [6, 6.07) is 10.1. The molecule has 1 aliphatic heterocycles. The Hall–Kier alpha value is -3.64. The number of para-hydroxylation sites is 1. The number of carbonyl (C=O) groups excluding carboxylic acids is 3. The molecule has 0 bridgehead atoms. The van der Waals surface area contributed by atoms with Crippen molar-refractivity contribution < 1.29 is 31.9 Å². The van der Waals surface area contributed by atoms with Crippen molar-refractivity contribution in [1.29, 1.82) is 0 Å². The second-order valence-corrected chi connectivity index (χ2v) is 16.0. The number of Topliss-reactive ketones (excluding diaryl/α,β-unsaturated/α-hetero) is 2. The van der Waals surface area contributed by atoms with Crippen LogP contribution in [0.3, 0.4) is 0 Å². The molecular weight excluding hydrogens is 717 g/mol. The molecule has 3 N–H and O–H groups in total. The number of H-pyrrole nitrogens is 1. The van der Waals surface area contributed by atoms with E-state index in [1.54, 1.807) is 24.3 Å². The van der Waals surface area contributed by atoms with E-state index in [1.807, 2.05) is 20.8 Å². The number of thiocarbonyl (C=S) groups is 1. The molecule has 2 aliphatic rings. The minimum atomic E-state index is -4.59. The van der Waals surface area contributed by atoms with Crippen LogP contribution >= 0.6 is 12.2 Å². The smallest absolute Gasteiger partial charge is 0.367 e. The number of fused-ring (bicyclic) bond motifs is 3. The number of amides is 1. The molecule has 5 atom stereocenters. The second kappa shape index (κ2) is 17.9.